The van der Waals surface area contributed by atoms with Crippen LogP contribution in [0.15, 0.2) is 53.3 Å². The molecular weight excluding hydrogens is 398 g/mol. The van der Waals surface area contributed by atoms with E-state index in [1.165, 1.54) is 11.0 Å². The number of rotatable bonds is 7. The van der Waals surface area contributed by atoms with Crippen molar-refractivity contribution >= 4 is 34.3 Å². The lowest BCUT2D eigenvalue weighted by atomic mass is 10.1. The van der Waals surface area contributed by atoms with E-state index in [1.807, 2.05) is 6.07 Å². The Bertz CT molecular complexity index is 1210. The number of carbonyl (C=O) groups is 3. The van der Waals surface area contributed by atoms with Crippen LogP contribution < -0.4 is 10.9 Å². The molecule has 0 aliphatic carbocycles. The van der Waals surface area contributed by atoms with E-state index in [4.69, 9.17) is 4.74 Å². The molecule has 1 aliphatic heterocycles. The average Bonchev–Trinajstić information content (AvgIpc) is 2.99. The van der Waals surface area contributed by atoms with Gasteiger partial charge in [-0.15, -0.1) is 0 Å². The molecule has 31 heavy (non-hydrogen) atoms. The third kappa shape index (κ3) is 4.10. The zero-order chi connectivity index (χ0) is 22.0. The van der Waals surface area contributed by atoms with E-state index < -0.39 is 0 Å². The highest BCUT2D eigenvalue weighted by molar-refractivity contribution is 6.21. The summed E-state index contributed by atoms with van der Waals surface area (Å²) in [7, 11) is 1.56. The predicted octanol–water partition coefficient (Wildman–Crippen LogP) is 2.69. The van der Waals surface area contributed by atoms with Crippen LogP contribution in [0.1, 0.15) is 39.1 Å². The first-order valence-electron chi connectivity index (χ1n) is 9.88. The second kappa shape index (κ2) is 8.53. The molecule has 0 bridgehead atoms. The van der Waals surface area contributed by atoms with Gasteiger partial charge in [-0.25, -0.2) is 0 Å². The molecule has 0 unspecified atom stereocenters. The Labute approximate surface area is 177 Å². The second-order valence-corrected chi connectivity index (χ2v) is 7.31. The maximum absolute atomic E-state index is 12.4. The Hall–Kier alpha value is -3.78. The largest absolute Gasteiger partial charge is 0.380 e. The zero-order valence-corrected chi connectivity index (χ0v) is 16.9. The molecule has 158 valence electrons. The maximum atomic E-state index is 12.4. The van der Waals surface area contributed by atoms with Gasteiger partial charge in [0.2, 0.25) is 11.5 Å². The van der Waals surface area contributed by atoms with Crippen LogP contribution in [0.2, 0.25) is 0 Å². The first-order valence-corrected chi connectivity index (χ1v) is 9.88. The van der Waals surface area contributed by atoms with Gasteiger partial charge in [-0.05, 0) is 36.2 Å². The smallest absolute Gasteiger partial charge is 0.261 e. The summed E-state index contributed by atoms with van der Waals surface area (Å²) >= 11 is 0. The highest BCUT2D eigenvalue weighted by Gasteiger charge is 2.34. The number of amides is 3. The van der Waals surface area contributed by atoms with E-state index in [9.17, 15) is 19.2 Å². The number of ether oxygens (including phenoxy) is 1. The number of nitrogens with zero attached hydrogens (tertiary/aromatic N) is 1. The predicted molar refractivity (Wildman–Crippen MR) is 115 cm³/mol. The summed E-state index contributed by atoms with van der Waals surface area (Å²) < 4.78 is 5.13. The van der Waals surface area contributed by atoms with Crippen molar-refractivity contribution in [1.29, 1.82) is 0 Å². The molecule has 3 aromatic rings. The first-order chi connectivity index (χ1) is 15.0. The first kappa shape index (κ1) is 20.5. The molecule has 1 aliphatic rings. The third-order valence-electron chi connectivity index (χ3n) is 5.18. The number of hydrogen-bond donors (Lipinski definition) is 2. The minimum Gasteiger partial charge on any atom is -0.380 e. The van der Waals surface area contributed by atoms with Gasteiger partial charge in [-0.3, -0.25) is 24.1 Å². The van der Waals surface area contributed by atoms with Gasteiger partial charge >= 0.3 is 0 Å². The minimum absolute atomic E-state index is 0.145. The van der Waals surface area contributed by atoms with Crippen LogP contribution in [0.25, 0.3) is 10.9 Å². The number of benzene rings is 2. The highest BCUT2D eigenvalue weighted by atomic mass is 16.5. The van der Waals surface area contributed by atoms with Crippen LogP contribution >= 0.6 is 0 Å². The Kier molecular flexibility index (Phi) is 5.64. The SMILES string of the molecule is COCc1cc(=O)[nH]c2cc(NC(=O)CCCN3C(=O)c4ccccc4C3=O)ccc12. The Morgan fingerprint density at radius 1 is 1.03 bits per heavy atom. The average molecular weight is 419 g/mol. The molecule has 0 radical (unpaired) electrons. The van der Waals surface area contributed by atoms with Crippen molar-refractivity contribution in [2.75, 3.05) is 19.0 Å². The van der Waals surface area contributed by atoms with Gasteiger partial charge in [-0.1, -0.05) is 18.2 Å². The van der Waals surface area contributed by atoms with Gasteiger partial charge in [0.25, 0.3) is 11.8 Å². The van der Waals surface area contributed by atoms with Crippen LogP contribution in [0.5, 0.6) is 0 Å². The van der Waals surface area contributed by atoms with Crippen LogP contribution in [-0.2, 0) is 16.1 Å². The molecule has 4 rings (SSSR count). The monoisotopic (exact) mass is 419 g/mol. The maximum Gasteiger partial charge on any atom is 0.261 e. The Balaban J connectivity index is 1.37. The number of imide groups is 1. The standard InChI is InChI=1S/C23H21N3O5/c1-31-13-14-11-21(28)25-19-12-15(8-9-16(14)19)24-20(27)7-4-10-26-22(29)17-5-2-3-6-18(17)23(26)30/h2-3,5-6,8-9,11-12H,4,7,10,13H2,1H3,(H,24,27)(H,25,28). The lowest BCUT2D eigenvalue weighted by Gasteiger charge is -2.13. The van der Waals surface area contributed by atoms with E-state index in [1.54, 1.807) is 43.5 Å². The fourth-order valence-corrected chi connectivity index (χ4v) is 3.75. The summed E-state index contributed by atoms with van der Waals surface area (Å²) in [6, 6.07) is 13.4. The molecule has 3 amide bonds. The number of nitrogens with one attached hydrogen (secondary N) is 2. The lowest BCUT2D eigenvalue weighted by molar-refractivity contribution is -0.116. The molecule has 1 aromatic heterocycles. The van der Waals surface area contributed by atoms with E-state index in [0.29, 0.717) is 35.4 Å². The zero-order valence-electron chi connectivity index (χ0n) is 16.9. The molecule has 0 saturated heterocycles. The molecule has 0 atom stereocenters. The number of aromatic nitrogens is 1. The number of carbonyl (C=O) groups excluding carboxylic acids is 3. The number of H-pyrrole nitrogens is 1. The summed E-state index contributed by atoms with van der Waals surface area (Å²) in [4.78, 5) is 52.9. The molecule has 0 spiro atoms. The number of methoxy groups -OCH3 is 1. The number of aromatic amines is 1. The Morgan fingerprint density at radius 2 is 1.74 bits per heavy atom. The number of pyridine rings is 1. The number of hydrogen-bond acceptors (Lipinski definition) is 5. The topological polar surface area (TPSA) is 109 Å². The van der Waals surface area contributed by atoms with E-state index >= 15 is 0 Å². The summed E-state index contributed by atoms with van der Waals surface area (Å²) in [5.74, 6) is -0.899. The van der Waals surface area contributed by atoms with E-state index in [0.717, 1.165) is 10.9 Å². The normalized spacial score (nSPS) is 13.0. The summed E-state index contributed by atoms with van der Waals surface area (Å²) in [5.41, 5.74) is 2.46. The summed E-state index contributed by atoms with van der Waals surface area (Å²) in [6.45, 7) is 0.481. The van der Waals surface area contributed by atoms with Crippen molar-refractivity contribution in [3.8, 4) is 0 Å². The molecule has 8 heteroatoms. The van der Waals surface area contributed by atoms with Crippen LogP contribution in [0.4, 0.5) is 5.69 Å². The molecule has 2 aromatic carbocycles. The minimum atomic E-state index is -0.327. The van der Waals surface area contributed by atoms with Crippen LogP contribution in [-0.4, -0.2) is 41.3 Å². The van der Waals surface area contributed by atoms with Gasteiger partial charge in [0, 0.05) is 37.2 Å². The van der Waals surface area contributed by atoms with Crippen molar-refractivity contribution in [1.82, 2.24) is 9.88 Å². The number of fused-ring (bicyclic) bond motifs is 2. The van der Waals surface area contributed by atoms with Crippen molar-refractivity contribution in [2.24, 2.45) is 0 Å². The van der Waals surface area contributed by atoms with Crippen LogP contribution in [0, 0.1) is 0 Å². The van der Waals surface area contributed by atoms with Gasteiger partial charge in [-0.2, -0.15) is 0 Å². The highest BCUT2D eigenvalue weighted by Crippen LogP contribution is 2.23. The molecule has 0 saturated carbocycles. The van der Waals surface area contributed by atoms with Gasteiger partial charge in [0.1, 0.15) is 0 Å². The molecule has 2 heterocycles. The van der Waals surface area contributed by atoms with Gasteiger partial charge in [0.15, 0.2) is 0 Å². The summed E-state index contributed by atoms with van der Waals surface area (Å²) in [6.07, 6.45) is 0.491. The fourth-order valence-electron chi connectivity index (χ4n) is 3.75. The molecule has 8 nitrogen and oxygen atoms in total. The van der Waals surface area contributed by atoms with Crippen molar-refractivity contribution < 1.29 is 19.1 Å². The Morgan fingerprint density at radius 3 is 2.42 bits per heavy atom. The second-order valence-electron chi connectivity index (χ2n) is 7.31. The van der Waals surface area contributed by atoms with Crippen molar-refractivity contribution in [3.63, 3.8) is 0 Å². The summed E-state index contributed by atoms with van der Waals surface area (Å²) in [5, 5.41) is 3.63. The fraction of sp³-hybridized carbons (Fsp3) is 0.217. The lowest BCUT2D eigenvalue weighted by Crippen LogP contribution is -2.31. The molecular formula is C23H21N3O5. The molecule has 0 fully saturated rings. The quantitative estimate of drug-likeness (QED) is 0.573. The molecule has 2 N–H and O–H groups in total. The van der Waals surface area contributed by atoms with Crippen molar-refractivity contribution in [3.05, 3.63) is 75.6 Å². The van der Waals surface area contributed by atoms with Crippen molar-refractivity contribution in [2.45, 2.75) is 19.4 Å². The van der Waals surface area contributed by atoms with E-state index in [2.05, 4.69) is 10.3 Å². The number of anilines is 1. The third-order valence-corrected chi connectivity index (χ3v) is 5.18. The van der Waals surface area contributed by atoms with Crippen LogP contribution in [0.3, 0.4) is 0 Å². The van der Waals surface area contributed by atoms with E-state index in [-0.39, 0.29) is 36.2 Å². The van der Waals surface area contributed by atoms with Gasteiger partial charge < -0.3 is 15.0 Å². The van der Waals surface area contributed by atoms with Gasteiger partial charge in [0.05, 0.1) is 23.3 Å².